The van der Waals surface area contributed by atoms with Crippen molar-refractivity contribution in [3.8, 4) is 0 Å². The number of hydrogen-bond acceptors (Lipinski definition) is 3. The van der Waals surface area contributed by atoms with Crippen LogP contribution in [0.3, 0.4) is 0 Å². The molecule has 0 unspecified atom stereocenters. The van der Waals surface area contributed by atoms with Gasteiger partial charge in [0.15, 0.2) is 0 Å². The van der Waals surface area contributed by atoms with Gasteiger partial charge in [-0.3, -0.25) is 10.00 Å². The van der Waals surface area contributed by atoms with E-state index in [2.05, 4.69) is 59.3 Å². The number of benzene rings is 1. The lowest BCUT2D eigenvalue weighted by Gasteiger charge is -2.16. The number of likely N-dealkylation sites (tertiary alicyclic amines) is 1. The number of nitrogens with one attached hydrogen (secondary N) is 1. The number of aromatic nitrogens is 2. The predicted molar refractivity (Wildman–Crippen MR) is 92.3 cm³/mol. The van der Waals surface area contributed by atoms with E-state index in [1.807, 2.05) is 6.92 Å². The summed E-state index contributed by atoms with van der Waals surface area (Å²) in [7, 11) is 0. The fraction of sp³-hybridized carbons (Fsp3) is 0.526. The van der Waals surface area contributed by atoms with Gasteiger partial charge in [0.05, 0.1) is 11.8 Å². The summed E-state index contributed by atoms with van der Waals surface area (Å²) in [5.41, 5.74) is 4.82. The van der Waals surface area contributed by atoms with E-state index >= 15 is 0 Å². The first-order chi connectivity index (χ1) is 11.0. The first-order valence-corrected chi connectivity index (χ1v) is 8.51. The number of aliphatic hydroxyl groups is 1. The van der Waals surface area contributed by atoms with Gasteiger partial charge in [0.2, 0.25) is 0 Å². The molecule has 0 radical (unpaired) electrons. The van der Waals surface area contributed by atoms with Gasteiger partial charge >= 0.3 is 0 Å². The molecule has 0 aliphatic carbocycles. The molecule has 1 saturated heterocycles. The van der Waals surface area contributed by atoms with Gasteiger partial charge in [-0.15, -0.1) is 0 Å². The Morgan fingerprint density at radius 2 is 2.00 bits per heavy atom. The maximum absolute atomic E-state index is 10.3. The number of aromatic amines is 1. The van der Waals surface area contributed by atoms with Crippen molar-refractivity contribution in [2.75, 3.05) is 13.1 Å². The first-order valence-electron chi connectivity index (χ1n) is 8.51. The predicted octanol–water partition coefficient (Wildman–Crippen LogP) is 2.88. The van der Waals surface area contributed by atoms with Gasteiger partial charge < -0.3 is 5.11 Å². The van der Waals surface area contributed by atoms with Crippen molar-refractivity contribution in [3.05, 3.63) is 52.8 Å². The van der Waals surface area contributed by atoms with Crippen LogP contribution in [0.15, 0.2) is 30.3 Å². The molecule has 4 nitrogen and oxygen atoms in total. The number of nitrogens with zero attached hydrogens (tertiary/aromatic N) is 2. The van der Waals surface area contributed by atoms with Crippen molar-refractivity contribution in [2.24, 2.45) is 5.92 Å². The first kappa shape index (κ1) is 16.2. The summed E-state index contributed by atoms with van der Waals surface area (Å²) in [6.45, 7) is 9.03. The molecule has 2 atom stereocenters. The number of β-amino-alcohol motifs (C(OH)–C–C–N with tert-alkyl or cyclic N) is 1. The monoisotopic (exact) mass is 313 g/mol. The second kappa shape index (κ2) is 6.85. The molecule has 1 aliphatic rings. The Balaban J connectivity index is 1.57. The van der Waals surface area contributed by atoms with E-state index in [0.717, 1.165) is 37.4 Å². The van der Waals surface area contributed by atoms with Gasteiger partial charge in [-0.2, -0.15) is 5.10 Å². The number of H-pyrrole nitrogens is 1. The Hall–Kier alpha value is -1.65. The van der Waals surface area contributed by atoms with E-state index in [1.54, 1.807) is 0 Å². The molecular formula is C19H27N3O. The Labute approximate surface area is 138 Å². The molecule has 124 valence electrons. The van der Waals surface area contributed by atoms with Crippen molar-refractivity contribution in [3.63, 3.8) is 0 Å². The fourth-order valence-electron chi connectivity index (χ4n) is 3.38. The van der Waals surface area contributed by atoms with Crippen LogP contribution in [0.1, 0.15) is 42.3 Å². The molecule has 1 aliphatic heterocycles. The van der Waals surface area contributed by atoms with Crippen LogP contribution in [-0.2, 0) is 13.0 Å². The van der Waals surface area contributed by atoms with E-state index in [9.17, 15) is 5.11 Å². The van der Waals surface area contributed by atoms with Crippen LogP contribution in [0.25, 0.3) is 0 Å². The van der Waals surface area contributed by atoms with Crippen molar-refractivity contribution in [1.82, 2.24) is 15.1 Å². The van der Waals surface area contributed by atoms with E-state index in [1.165, 1.54) is 11.1 Å². The van der Waals surface area contributed by atoms with Crippen molar-refractivity contribution in [2.45, 2.75) is 45.8 Å². The number of rotatable bonds is 5. The lowest BCUT2D eigenvalue weighted by molar-refractivity contribution is 0.140. The third-order valence-electron chi connectivity index (χ3n) is 4.76. The Morgan fingerprint density at radius 3 is 2.61 bits per heavy atom. The molecule has 2 N–H and O–H groups in total. The molecule has 3 rings (SSSR count). The minimum Gasteiger partial charge on any atom is -0.391 e. The van der Waals surface area contributed by atoms with Crippen LogP contribution >= 0.6 is 0 Å². The smallest absolute Gasteiger partial charge is 0.0711 e. The topological polar surface area (TPSA) is 52.1 Å². The van der Waals surface area contributed by atoms with E-state index in [0.29, 0.717) is 5.92 Å². The Bertz CT molecular complexity index is 632. The summed E-state index contributed by atoms with van der Waals surface area (Å²) in [5, 5.41) is 17.6. The average Bonchev–Trinajstić information content (AvgIpc) is 3.06. The lowest BCUT2D eigenvalue weighted by Crippen LogP contribution is -2.21. The maximum atomic E-state index is 10.3. The number of hydrogen-bond donors (Lipinski definition) is 2. The molecule has 4 heteroatoms. The molecule has 1 aromatic heterocycles. The maximum Gasteiger partial charge on any atom is 0.0711 e. The summed E-state index contributed by atoms with van der Waals surface area (Å²) in [6, 6.07) is 10.9. The molecule has 0 spiro atoms. The summed E-state index contributed by atoms with van der Waals surface area (Å²) in [6.07, 6.45) is 0.579. The van der Waals surface area contributed by atoms with Crippen molar-refractivity contribution in [1.29, 1.82) is 0 Å². The van der Waals surface area contributed by atoms with Crippen molar-refractivity contribution >= 4 is 0 Å². The van der Waals surface area contributed by atoms with E-state index in [4.69, 9.17) is 0 Å². The highest BCUT2D eigenvalue weighted by Gasteiger charge is 2.31. The number of aryl methyl sites for hydroxylation is 1. The molecule has 0 amide bonds. The quantitative estimate of drug-likeness (QED) is 0.892. The van der Waals surface area contributed by atoms with Gasteiger partial charge in [-0.25, -0.2) is 0 Å². The van der Waals surface area contributed by atoms with Gasteiger partial charge in [0, 0.05) is 31.2 Å². The molecule has 1 fully saturated rings. The molecule has 1 aromatic carbocycles. The third-order valence-corrected chi connectivity index (χ3v) is 4.76. The van der Waals surface area contributed by atoms with E-state index in [-0.39, 0.29) is 12.0 Å². The largest absolute Gasteiger partial charge is 0.391 e. The zero-order valence-electron chi connectivity index (χ0n) is 14.3. The van der Waals surface area contributed by atoms with Gasteiger partial charge in [-0.1, -0.05) is 38.1 Å². The zero-order chi connectivity index (χ0) is 16.4. The van der Waals surface area contributed by atoms with Crippen LogP contribution in [0.2, 0.25) is 0 Å². The standard InChI is InChI=1S/C19H27N3O/c1-13(2)16-6-4-15(5-7-16)10-22-11-17(19(23)12-22)9-18-8-14(3)20-21-18/h4-8,13,17,19,23H,9-12H2,1-3H3,(H,20,21)/t17-,19-/m1/s1. The van der Waals surface area contributed by atoms with Gasteiger partial charge in [0.25, 0.3) is 0 Å². The normalized spacial score (nSPS) is 22.1. The van der Waals surface area contributed by atoms with Crippen molar-refractivity contribution < 1.29 is 5.11 Å². The SMILES string of the molecule is Cc1cc(C[C@@H]2CN(Cc3ccc(C(C)C)cc3)C[C@H]2O)n[nH]1. The molecule has 2 heterocycles. The minimum absolute atomic E-state index is 0.262. The summed E-state index contributed by atoms with van der Waals surface area (Å²) < 4.78 is 0. The summed E-state index contributed by atoms with van der Waals surface area (Å²) >= 11 is 0. The minimum atomic E-state index is -0.262. The van der Waals surface area contributed by atoms with Gasteiger partial charge in [-0.05, 0) is 36.5 Å². The summed E-state index contributed by atoms with van der Waals surface area (Å²) in [4.78, 5) is 2.35. The molecule has 23 heavy (non-hydrogen) atoms. The summed E-state index contributed by atoms with van der Waals surface area (Å²) in [5.74, 6) is 0.840. The van der Waals surface area contributed by atoms with Gasteiger partial charge in [0.1, 0.15) is 0 Å². The van der Waals surface area contributed by atoms with Crippen LogP contribution in [0.5, 0.6) is 0 Å². The van der Waals surface area contributed by atoms with E-state index < -0.39 is 0 Å². The molecule has 0 bridgehead atoms. The third kappa shape index (κ3) is 4.01. The van der Waals surface area contributed by atoms with Crippen LogP contribution < -0.4 is 0 Å². The number of aliphatic hydroxyl groups excluding tert-OH is 1. The molecular weight excluding hydrogens is 286 g/mol. The lowest BCUT2D eigenvalue weighted by atomic mass is 10.00. The highest BCUT2D eigenvalue weighted by atomic mass is 16.3. The van der Waals surface area contributed by atoms with Crippen LogP contribution in [-0.4, -0.2) is 39.4 Å². The fourth-order valence-corrected chi connectivity index (χ4v) is 3.38. The second-order valence-electron chi connectivity index (χ2n) is 7.16. The van der Waals surface area contributed by atoms with Crippen LogP contribution in [0.4, 0.5) is 0 Å². The molecule has 2 aromatic rings. The average molecular weight is 313 g/mol. The zero-order valence-corrected chi connectivity index (χ0v) is 14.3. The Morgan fingerprint density at radius 1 is 1.26 bits per heavy atom. The second-order valence-corrected chi connectivity index (χ2v) is 7.16. The Kier molecular flexibility index (Phi) is 4.83. The highest BCUT2D eigenvalue weighted by molar-refractivity contribution is 5.24. The molecule has 0 saturated carbocycles. The highest BCUT2D eigenvalue weighted by Crippen LogP contribution is 2.23. The van der Waals surface area contributed by atoms with Crippen LogP contribution in [0, 0.1) is 12.8 Å².